The van der Waals surface area contributed by atoms with Gasteiger partial charge >= 0.3 is 0 Å². The van der Waals surface area contributed by atoms with E-state index in [2.05, 4.69) is 30.0 Å². The summed E-state index contributed by atoms with van der Waals surface area (Å²) in [6.07, 6.45) is 0. The maximum Gasteiger partial charge on any atom is 0.254 e. The summed E-state index contributed by atoms with van der Waals surface area (Å²) in [5, 5.41) is 0.895. The summed E-state index contributed by atoms with van der Waals surface area (Å²) in [7, 11) is 1.69. The van der Waals surface area contributed by atoms with Gasteiger partial charge in [-0.3, -0.25) is 4.79 Å². The summed E-state index contributed by atoms with van der Waals surface area (Å²) in [6, 6.07) is 26.1. The first-order chi connectivity index (χ1) is 16.1. The minimum atomic E-state index is 0.0576. The van der Waals surface area contributed by atoms with Crippen molar-refractivity contribution in [1.82, 2.24) is 9.88 Å². The molecule has 0 radical (unpaired) electrons. The van der Waals surface area contributed by atoms with E-state index in [1.807, 2.05) is 65.6 Å². The molecule has 166 valence electrons. The molecule has 0 aliphatic carbocycles. The largest absolute Gasteiger partial charge is 0.495 e. The fourth-order valence-corrected chi connectivity index (χ4v) is 4.52. The SMILES string of the molecule is COc1ccccc1N1CCN(C(=O)c2cc(-c3cccc(C)c3)nc3ccccc23)CC1. The van der Waals surface area contributed by atoms with Crippen LogP contribution in [0.2, 0.25) is 0 Å². The Balaban J connectivity index is 1.44. The van der Waals surface area contributed by atoms with Crippen LogP contribution in [0.3, 0.4) is 0 Å². The summed E-state index contributed by atoms with van der Waals surface area (Å²) in [5.41, 5.74) is 5.64. The standard InChI is InChI=1S/C28H27N3O2/c1-20-8-7-9-21(18-20)25-19-23(22-10-3-4-11-24(22)29-25)28(32)31-16-14-30(15-17-31)26-12-5-6-13-27(26)33-2/h3-13,18-19H,14-17H2,1-2H3. The second-order valence-electron chi connectivity index (χ2n) is 8.39. The van der Waals surface area contributed by atoms with E-state index in [0.29, 0.717) is 18.7 Å². The van der Waals surface area contributed by atoms with Crippen LogP contribution in [0.25, 0.3) is 22.2 Å². The number of ether oxygens (including phenoxy) is 1. The Bertz CT molecular complexity index is 1310. The van der Waals surface area contributed by atoms with Gasteiger partial charge in [-0.1, -0.05) is 54.1 Å². The van der Waals surface area contributed by atoms with Crippen LogP contribution in [0.15, 0.2) is 78.9 Å². The third-order valence-electron chi connectivity index (χ3n) is 6.25. The zero-order chi connectivity index (χ0) is 22.8. The van der Waals surface area contributed by atoms with E-state index in [-0.39, 0.29) is 5.91 Å². The molecule has 1 saturated heterocycles. The first-order valence-corrected chi connectivity index (χ1v) is 11.3. The van der Waals surface area contributed by atoms with Gasteiger partial charge in [-0.25, -0.2) is 4.98 Å². The number of nitrogens with zero attached hydrogens (tertiary/aromatic N) is 3. The maximum absolute atomic E-state index is 13.7. The van der Waals surface area contributed by atoms with Gasteiger partial charge in [0, 0.05) is 37.1 Å². The molecular formula is C28H27N3O2. The molecule has 0 spiro atoms. The predicted molar refractivity (Wildman–Crippen MR) is 133 cm³/mol. The minimum absolute atomic E-state index is 0.0576. The molecule has 0 atom stereocenters. The third-order valence-corrected chi connectivity index (χ3v) is 6.25. The second-order valence-corrected chi connectivity index (χ2v) is 8.39. The zero-order valence-electron chi connectivity index (χ0n) is 19.0. The van der Waals surface area contributed by atoms with Crippen molar-refractivity contribution in [2.75, 3.05) is 38.2 Å². The van der Waals surface area contributed by atoms with Crippen LogP contribution in [0.5, 0.6) is 5.75 Å². The average Bonchev–Trinajstić information content (AvgIpc) is 2.87. The van der Waals surface area contributed by atoms with Crippen LogP contribution < -0.4 is 9.64 Å². The topological polar surface area (TPSA) is 45.7 Å². The molecule has 33 heavy (non-hydrogen) atoms. The Morgan fingerprint density at radius 1 is 0.879 bits per heavy atom. The molecule has 1 aromatic heterocycles. The van der Waals surface area contributed by atoms with Gasteiger partial charge in [-0.2, -0.15) is 0 Å². The fourth-order valence-electron chi connectivity index (χ4n) is 4.52. The quantitative estimate of drug-likeness (QED) is 0.441. The van der Waals surface area contributed by atoms with Crippen molar-refractivity contribution in [2.24, 2.45) is 0 Å². The second kappa shape index (κ2) is 8.94. The molecular weight excluding hydrogens is 410 g/mol. The van der Waals surface area contributed by atoms with Crippen molar-refractivity contribution in [2.45, 2.75) is 6.92 Å². The molecule has 0 saturated carbocycles. The molecule has 5 nitrogen and oxygen atoms in total. The average molecular weight is 438 g/mol. The normalized spacial score (nSPS) is 13.9. The van der Waals surface area contributed by atoms with Crippen molar-refractivity contribution in [3.8, 4) is 17.0 Å². The Hall–Kier alpha value is -3.86. The van der Waals surface area contributed by atoms with E-state index in [1.54, 1.807) is 7.11 Å². The van der Waals surface area contributed by atoms with Crippen molar-refractivity contribution < 1.29 is 9.53 Å². The summed E-state index contributed by atoms with van der Waals surface area (Å²) >= 11 is 0. The van der Waals surface area contributed by atoms with E-state index in [9.17, 15) is 4.79 Å². The molecule has 5 heteroatoms. The number of carbonyl (C=O) groups excluding carboxylic acids is 1. The highest BCUT2D eigenvalue weighted by atomic mass is 16.5. The van der Waals surface area contributed by atoms with E-state index in [4.69, 9.17) is 9.72 Å². The summed E-state index contributed by atoms with van der Waals surface area (Å²) in [4.78, 5) is 22.8. The minimum Gasteiger partial charge on any atom is -0.495 e. The lowest BCUT2D eigenvalue weighted by Gasteiger charge is -2.36. The van der Waals surface area contributed by atoms with E-state index >= 15 is 0 Å². The van der Waals surface area contributed by atoms with Gasteiger partial charge in [-0.05, 0) is 37.3 Å². The smallest absolute Gasteiger partial charge is 0.254 e. The molecule has 5 rings (SSSR count). The number of pyridine rings is 1. The lowest BCUT2D eigenvalue weighted by Crippen LogP contribution is -2.49. The Kier molecular flexibility index (Phi) is 5.69. The van der Waals surface area contributed by atoms with E-state index in [1.165, 1.54) is 5.56 Å². The number of rotatable bonds is 4. The van der Waals surface area contributed by atoms with Gasteiger partial charge in [0.1, 0.15) is 5.75 Å². The Labute approximate surface area is 194 Å². The number of fused-ring (bicyclic) bond motifs is 1. The van der Waals surface area contributed by atoms with Crippen LogP contribution >= 0.6 is 0 Å². The monoisotopic (exact) mass is 437 g/mol. The lowest BCUT2D eigenvalue weighted by atomic mass is 10.0. The highest BCUT2D eigenvalue weighted by Crippen LogP contribution is 2.30. The third kappa shape index (κ3) is 4.14. The molecule has 0 unspecified atom stereocenters. The van der Waals surface area contributed by atoms with Gasteiger partial charge in [0.25, 0.3) is 5.91 Å². The van der Waals surface area contributed by atoms with Gasteiger partial charge in [0.2, 0.25) is 0 Å². The number of para-hydroxylation sites is 3. The zero-order valence-corrected chi connectivity index (χ0v) is 19.0. The van der Waals surface area contributed by atoms with E-state index in [0.717, 1.165) is 46.7 Å². The summed E-state index contributed by atoms with van der Waals surface area (Å²) in [5.74, 6) is 0.919. The fraction of sp³-hybridized carbons (Fsp3) is 0.214. The first-order valence-electron chi connectivity index (χ1n) is 11.3. The van der Waals surface area contributed by atoms with Gasteiger partial charge < -0.3 is 14.5 Å². The van der Waals surface area contributed by atoms with Crippen LogP contribution in [0, 0.1) is 6.92 Å². The number of anilines is 1. The number of aromatic nitrogens is 1. The molecule has 1 aliphatic rings. The predicted octanol–water partition coefficient (Wildman–Crippen LogP) is 5.18. The van der Waals surface area contributed by atoms with Crippen LogP contribution in [-0.2, 0) is 0 Å². The molecule has 0 bridgehead atoms. The van der Waals surface area contributed by atoms with Crippen molar-refractivity contribution in [3.63, 3.8) is 0 Å². The van der Waals surface area contributed by atoms with Crippen LogP contribution in [0.4, 0.5) is 5.69 Å². The van der Waals surface area contributed by atoms with E-state index < -0.39 is 0 Å². The summed E-state index contributed by atoms with van der Waals surface area (Å²) < 4.78 is 5.52. The van der Waals surface area contributed by atoms with Gasteiger partial charge in [0.15, 0.2) is 0 Å². The summed E-state index contributed by atoms with van der Waals surface area (Å²) in [6.45, 7) is 4.91. The highest BCUT2D eigenvalue weighted by Gasteiger charge is 2.25. The molecule has 1 fully saturated rings. The first kappa shape index (κ1) is 21.0. The number of hydrogen-bond acceptors (Lipinski definition) is 4. The molecule has 4 aromatic rings. The van der Waals surface area contributed by atoms with Crippen LogP contribution in [0.1, 0.15) is 15.9 Å². The number of carbonyl (C=O) groups is 1. The molecule has 1 aliphatic heterocycles. The molecule has 1 amide bonds. The Morgan fingerprint density at radius 3 is 2.42 bits per heavy atom. The lowest BCUT2D eigenvalue weighted by molar-refractivity contribution is 0.0748. The molecule has 0 N–H and O–H groups in total. The number of hydrogen-bond donors (Lipinski definition) is 0. The number of piperazine rings is 1. The van der Waals surface area contributed by atoms with Crippen molar-refractivity contribution in [3.05, 3.63) is 90.0 Å². The van der Waals surface area contributed by atoms with Crippen LogP contribution in [-0.4, -0.2) is 49.1 Å². The van der Waals surface area contributed by atoms with Gasteiger partial charge in [0.05, 0.1) is 29.6 Å². The molecule has 3 aromatic carbocycles. The molecule has 2 heterocycles. The van der Waals surface area contributed by atoms with Gasteiger partial charge in [-0.15, -0.1) is 0 Å². The number of aryl methyl sites for hydroxylation is 1. The number of benzene rings is 3. The van der Waals surface area contributed by atoms with Crippen molar-refractivity contribution >= 4 is 22.5 Å². The number of amides is 1. The highest BCUT2D eigenvalue weighted by molar-refractivity contribution is 6.07. The van der Waals surface area contributed by atoms with Crippen molar-refractivity contribution in [1.29, 1.82) is 0 Å². The number of methoxy groups -OCH3 is 1. The Morgan fingerprint density at radius 2 is 1.64 bits per heavy atom. The maximum atomic E-state index is 13.7.